The first-order chi connectivity index (χ1) is 12.9. The van der Waals surface area contributed by atoms with Crippen LogP contribution in [0.3, 0.4) is 0 Å². The molecule has 2 unspecified atom stereocenters. The van der Waals surface area contributed by atoms with Crippen LogP contribution in [-0.2, 0) is 23.9 Å². The third-order valence-corrected chi connectivity index (χ3v) is 3.07. The van der Waals surface area contributed by atoms with Gasteiger partial charge >= 0.3 is 23.9 Å². The van der Waals surface area contributed by atoms with Crippen LogP contribution in [0.4, 0.5) is 0 Å². The Labute approximate surface area is 152 Å². The van der Waals surface area contributed by atoms with Gasteiger partial charge in [0.05, 0.1) is 0 Å². The number of esters is 2. The molecule has 0 amide bonds. The Bertz CT molecular complexity index is 748. The van der Waals surface area contributed by atoms with Gasteiger partial charge in [-0.1, -0.05) is 36.4 Å². The van der Waals surface area contributed by atoms with Crippen molar-refractivity contribution in [3.63, 3.8) is 0 Å². The molecular formula is C18H14O9. The molecule has 2 N–H and O–H groups in total. The molecule has 0 aliphatic carbocycles. The molecule has 2 rings (SSSR count). The van der Waals surface area contributed by atoms with Crippen LogP contribution in [0.2, 0.25) is 0 Å². The Hall–Kier alpha value is -3.88. The summed E-state index contributed by atoms with van der Waals surface area (Å²) in [5, 5.41) is 18.2. The number of benzene rings is 2. The molecule has 9 heteroatoms. The molecule has 2 aromatic rings. The molecule has 0 aliphatic heterocycles. The molecule has 27 heavy (non-hydrogen) atoms. The Kier molecular flexibility index (Phi) is 6.48. The van der Waals surface area contributed by atoms with E-state index in [1.807, 2.05) is 0 Å². The van der Waals surface area contributed by atoms with Crippen LogP contribution in [0.15, 0.2) is 60.7 Å². The lowest BCUT2D eigenvalue weighted by atomic mass is 10.3. The summed E-state index contributed by atoms with van der Waals surface area (Å²) < 4.78 is 14.3. The van der Waals surface area contributed by atoms with Crippen molar-refractivity contribution >= 4 is 23.9 Å². The maximum atomic E-state index is 12.0. The summed E-state index contributed by atoms with van der Waals surface area (Å²) in [4.78, 5) is 46.4. The monoisotopic (exact) mass is 374 g/mol. The van der Waals surface area contributed by atoms with Crippen LogP contribution in [-0.4, -0.2) is 46.3 Å². The first-order valence-electron chi connectivity index (χ1n) is 7.53. The molecule has 2 aromatic carbocycles. The highest BCUT2D eigenvalue weighted by Crippen LogP contribution is 2.14. The Morgan fingerprint density at radius 2 is 0.963 bits per heavy atom. The minimum atomic E-state index is -2.16. The van der Waals surface area contributed by atoms with E-state index in [1.54, 1.807) is 36.4 Å². The fourth-order valence-electron chi connectivity index (χ4n) is 1.88. The van der Waals surface area contributed by atoms with Gasteiger partial charge in [0.25, 0.3) is 12.2 Å². The van der Waals surface area contributed by atoms with Crippen molar-refractivity contribution in [3.8, 4) is 11.5 Å². The number of aliphatic carboxylic acids is 2. The van der Waals surface area contributed by atoms with Gasteiger partial charge in [0.2, 0.25) is 0 Å². The molecule has 0 aliphatic rings. The van der Waals surface area contributed by atoms with Crippen molar-refractivity contribution in [1.82, 2.24) is 0 Å². The van der Waals surface area contributed by atoms with Gasteiger partial charge in [0, 0.05) is 0 Å². The minimum Gasteiger partial charge on any atom is -0.478 e. The number of carboxylic acids is 2. The lowest BCUT2D eigenvalue weighted by Crippen LogP contribution is -2.43. The number of hydrogen-bond donors (Lipinski definition) is 2. The normalized spacial score (nSPS) is 12.3. The number of ether oxygens (including phenoxy) is 3. The molecule has 0 bridgehead atoms. The highest BCUT2D eigenvalue weighted by Gasteiger charge is 2.37. The average Bonchev–Trinajstić information content (AvgIpc) is 2.65. The van der Waals surface area contributed by atoms with Gasteiger partial charge in [-0.15, -0.1) is 0 Å². The van der Waals surface area contributed by atoms with Crippen molar-refractivity contribution in [2.75, 3.05) is 0 Å². The van der Waals surface area contributed by atoms with Gasteiger partial charge in [-0.05, 0) is 24.3 Å². The minimum absolute atomic E-state index is 0.0459. The van der Waals surface area contributed by atoms with Crippen LogP contribution in [0, 0.1) is 0 Å². The zero-order valence-electron chi connectivity index (χ0n) is 13.7. The molecule has 0 fully saturated rings. The quantitative estimate of drug-likeness (QED) is 0.514. The summed E-state index contributed by atoms with van der Waals surface area (Å²) in [5.41, 5.74) is 0. The smallest absolute Gasteiger partial charge is 0.367 e. The van der Waals surface area contributed by atoms with E-state index in [-0.39, 0.29) is 11.5 Å². The van der Waals surface area contributed by atoms with Gasteiger partial charge < -0.3 is 24.4 Å². The van der Waals surface area contributed by atoms with Crippen molar-refractivity contribution < 1.29 is 43.6 Å². The second-order valence-corrected chi connectivity index (χ2v) is 5.04. The first-order valence-corrected chi connectivity index (χ1v) is 7.53. The van der Waals surface area contributed by atoms with E-state index in [9.17, 15) is 19.2 Å². The Morgan fingerprint density at radius 3 is 1.26 bits per heavy atom. The van der Waals surface area contributed by atoms with E-state index >= 15 is 0 Å². The van der Waals surface area contributed by atoms with E-state index < -0.39 is 36.1 Å². The molecule has 0 radical (unpaired) electrons. The number of para-hydroxylation sites is 2. The molecular weight excluding hydrogens is 360 g/mol. The maximum absolute atomic E-state index is 12.0. The molecule has 0 spiro atoms. The summed E-state index contributed by atoms with van der Waals surface area (Å²) in [6, 6.07) is 15.0. The molecule has 0 saturated carbocycles. The first kappa shape index (κ1) is 19.4. The second-order valence-electron chi connectivity index (χ2n) is 5.04. The summed E-state index contributed by atoms with van der Waals surface area (Å²) in [6.07, 6.45) is -4.33. The molecule has 0 saturated heterocycles. The SMILES string of the molecule is O=C(O)C(Oc1ccccc1)C(=O)OC(=O)C(Oc1ccccc1)C(=O)O. The predicted molar refractivity (Wildman–Crippen MR) is 88.1 cm³/mol. The number of carboxylic acid groups (broad SMARTS) is 2. The van der Waals surface area contributed by atoms with E-state index in [0.29, 0.717) is 0 Å². The molecule has 2 atom stereocenters. The van der Waals surface area contributed by atoms with Crippen LogP contribution in [0.5, 0.6) is 11.5 Å². The summed E-state index contributed by atoms with van der Waals surface area (Å²) in [5.74, 6) is -6.51. The van der Waals surface area contributed by atoms with Gasteiger partial charge in [-0.2, -0.15) is 0 Å². The predicted octanol–water partition coefficient (Wildman–Crippen LogP) is 1.12. The third kappa shape index (κ3) is 5.56. The topological polar surface area (TPSA) is 136 Å². The highest BCUT2D eigenvalue weighted by atomic mass is 16.6. The van der Waals surface area contributed by atoms with Gasteiger partial charge in [-0.3, -0.25) is 0 Å². The lowest BCUT2D eigenvalue weighted by molar-refractivity contribution is -0.175. The van der Waals surface area contributed by atoms with Crippen molar-refractivity contribution in [2.45, 2.75) is 12.2 Å². The Balaban J connectivity index is 2.08. The largest absolute Gasteiger partial charge is 0.478 e. The van der Waals surface area contributed by atoms with Gasteiger partial charge in [-0.25, -0.2) is 19.2 Å². The van der Waals surface area contributed by atoms with Crippen molar-refractivity contribution in [1.29, 1.82) is 0 Å². The molecule has 140 valence electrons. The van der Waals surface area contributed by atoms with Crippen LogP contribution in [0.25, 0.3) is 0 Å². The number of carbonyl (C=O) groups excluding carboxylic acids is 2. The zero-order chi connectivity index (χ0) is 19.8. The highest BCUT2D eigenvalue weighted by molar-refractivity contribution is 6.06. The molecule has 0 aromatic heterocycles. The van der Waals surface area contributed by atoms with Crippen molar-refractivity contribution in [2.24, 2.45) is 0 Å². The number of carbonyl (C=O) groups is 4. The number of hydrogen-bond acceptors (Lipinski definition) is 7. The van der Waals surface area contributed by atoms with E-state index in [0.717, 1.165) is 0 Å². The van der Waals surface area contributed by atoms with Crippen molar-refractivity contribution in [3.05, 3.63) is 60.7 Å². The fourth-order valence-corrected chi connectivity index (χ4v) is 1.88. The van der Waals surface area contributed by atoms with E-state index in [4.69, 9.17) is 19.7 Å². The molecule has 9 nitrogen and oxygen atoms in total. The van der Waals surface area contributed by atoms with Crippen LogP contribution >= 0.6 is 0 Å². The van der Waals surface area contributed by atoms with E-state index in [1.165, 1.54) is 24.3 Å². The summed E-state index contributed by atoms with van der Waals surface area (Å²) in [6.45, 7) is 0. The maximum Gasteiger partial charge on any atom is 0.367 e. The van der Waals surface area contributed by atoms with Gasteiger partial charge in [0.15, 0.2) is 0 Å². The summed E-state index contributed by atoms with van der Waals surface area (Å²) in [7, 11) is 0. The Morgan fingerprint density at radius 1 is 0.630 bits per heavy atom. The summed E-state index contributed by atoms with van der Waals surface area (Å²) >= 11 is 0. The zero-order valence-corrected chi connectivity index (χ0v) is 13.7. The van der Waals surface area contributed by atoms with E-state index in [2.05, 4.69) is 4.74 Å². The average molecular weight is 374 g/mol. The fraction of sp³-hybridized carbons (Fsp3) is 0.111. The second kappa shape index (κ2) is 8.99. The number of rotatable bonds is 8. The third-order valence-electron chi connectivity index (χ3n) is 3.07. The van der Waals surface area contributed by atoms with Gasteiger partial charge in [0.1, 0.15) is 11.5 Å². The van der Waals surface area contributed by atoms with Crippen LogP contribution < -0.4 is 9.47 Å². The molecule has 0 heterocycles. The van der Waals surface area contributed by atoms with Crippen LogP contribution in [0.1, 0.15) is 0 Å². The lowest BCUT2D eigenvalue weighted by Gasteiger charge is -2.16. The standard InChI is InChI=1S/C18H14O9/c19-15(20)13(25-11-7-3-1-4-8-11)17(23)27-18(24)14(16(21)22)26-12-9-5-2-6-10-12/h1-10,13-14H,(H,19,20)(H,21,22).